The zero-order chi connectivity index (χ0) is 22.1. The number of nitrogens with zero attached hydrogens (tertiary/aromatic N) is 5. The highest BCUT2D eigenvalue weighted by molar-refractivity contribution is 6.32. The number of carbonyl (C=O) groups excluding carboxylic acids is 1. The van der Waals surface area contributed by atoms with Gasteiger partial charge in [0.05, 0.1) is 11.8 Å². The molecule has 2 aliphatic rings. The van der Waals surface area contributed by atoms with Crippen LogP contribution in [0.25, 0.3) is 28.0 Å². The largest absolute Gasteiger partial charge is 0.392 e. The molecule has 32 heavy (non-hydrogen) atoms. The van der Waals surface area contributed by atoms with E-state index in [-0.39, 0.29) is 23.8 Å². The van der Waals surface area contributed by atoms with Crippen LogP contribution < -0.4 is 0 Å². The molecule has 1 saturated heterocycles. The summed E-state index contributed by atoms with van der Waals surface area (Å²) in [5.74, 6) is 0.448. The van der Waals surface area contributed by atoms with Crippen LogP contribution in [0.2, 0.25) is 5.15 Å². The molecule has 162 valence electrons. The van der Waals surface area contributed by atoms with E-state index in [0.29, 0.717) is 35.1 Å². The molecule has 1 aliphatic heterocycles. The Kier molecular flexibility index (Phi) is 4.22. The average molecular weight is 448 g/mol. The number of hydrogen-bond acceptors (Lipinski definition) is 4. The van der Waals surface area contributed by atoms with Gasteiger partial charge >= 0.3 is 0 Å². The summed E-state index contributed by atoms with van der Waals surface area (Å²) in [6, 6.07) is 11.6. The fraction of sp³-hybridized carbons (Fsp3) is 0.292. The summed E-state index contributed by atoms with van der Waals surface area (Å²) in [6.07, 6.45) is 3.55. The number of halogens is 1. The number of carbonyl (C=O) groups is 1. The molecule has 8 heteroatoms. The highest BCUT2D eigenvalue weighted by Crippen LogP contribution is 2.45. The summed E-state index contributed by atoms with van der Waals surface area (Å²) in [7, 11) is 1.90. The summed E-state index contributed by atoms with van der Waals surface area (Å²) >= 11 is 6.75. The molecule has 1 N–H and O–H groups in total. The van der Waals surface area contributed by atoms with Crippen molar-refractivity contribution in [2.24, 2.45) is 18.9 Å². The van der Waals surface area contributed by atoms with Crippen molar-refractivity contribution in [2.75, 3.05) is 13.1 Å². The highest BCUT2D eigenvalue weighted by atomic mass is 35.5. The summed E-state index contributed by atoms with van der Waals surface area (Å²) in [5, 5.41) is 14.7. The lowest BCUT2D eigenvalue weighted by molar-refractivity contribution is 0.0746. The molecule has 3 aromatic heterocycles. The second-order valence-electron chi connectivity index (χ2n) is 8.77. The van der Waals surface area contributed by atoms with E-state index in [9.17, 15) is 9.90 Å². The molecule has 0 bridgehead atoms. The van der Waals surface area contributed by atoms with Gasteiger partial charge in [0.2, 0.25) is 0 Å². The normalized spacial score (nSPS) is 21.9. The number of benzene rings is 1. The molecule has 1 aliphatic carbocycles. The summed E-state index contributed by atoms with van der Waals surface area (Å²) in [6.45, 7) is 3.22. The number of aliphatic hydroxyl groups is 1. The number of rotatable bonds is 3. The summed E-state index contributed by atoms with van der Waals surface area (Å²) in [5.41, 5.74) is 5.76. The molecule has 0 radical (unpaired) electrons. The first-order valence-corrected chi connectivity index (χ1v) is 11.0. The second kappa shape index (κ2) is 6.92. The number of pyridine rings is 1. The van der Waals surface area contributed by atoms with Crippen LogP contribution in [-0.4, -0.2) is 54.3 Å². The SMILES string of the molecule is Cc1nn(C)cc1-c1ccccc1-c1nc2cc(C(=O)N3C[C@@H]4C(O)[C@@H]4C3)ccn2c1Cl. The zero-order valence-electron chi connectivity index (χ0n) is 17.7. The van der Waals surface area contributed by atoms with Gasteiger partial charge in [-0.25, -0.2) is 4.98 Å². The van der Waals surface area contributed by atoms with Crippen molar-refractivity contribution >= 4 is 23.2 Å². The van der Waals surface area contributed by atoms with E-state index in [1.165, 1.54) is 0 Å². The van der Waals surface area contributed by atoms with Crippen LogP contribution in [0.1, 0.15) is 16.1 Å². The monoisotopic (exact) mass is 447 g/mol. The number of likely N-dealkylation sites (tertiary alicyclic amines) is 1. The number of amides is 1. The third kappa shape index (κ3) is 2.88. The van der Waals surface area contributed by atoms with E-state index < -0.39 is 0 Å². The highest BCUT2D eigenvalue weighted by Gasteiger charge is 2.56. The molecule has 1 unspecified atom stereocenters. The van der Waals surface area contributed by atoms with Gasteiger partial charge in [-0.05, 0) is 24.6 Å². The van der Waals surface area contributed by atoms with Crippen molar-refractivity contribution < 1.29 is 9.90 Å². The van der Waals surface area contributed by atoms with Crippen LogP contribution in [0.3, 0.4) is 0 Å². The molecule has 0 spiro atoms. The van der Waals surface area contributed by atoms with Gasteiger partial charge in [0.25, 0.3) is 5.91 Å². The smallest absolute Gasteiger partial charge is 0.254 e. The third-order valence-electron chi connectivity index (χ3n) is 6.74. The maximum Gasteiger partial charge on any atom is 0.254 e. The number of aryl methyl sites for hydroxylation is 2. The van der Waals surface area contributed by atoms with Gasteiger partial charge in [0, 0.05) is 61.1 Å². The molecule has 4 heterocycles. The lowest BCUT2D eigenvalue weighted by atomic mass is 9.99. The van der Waals surface area contributed by atoms with Gasteiger partial charge in [-0.2, -0.15) is 5.10 Å². The van der Waals surface area contributed by atoms with E-state index in [1.54, 1.807) is 27.4 Å². The van der Waals surface area contributed by atoms with Crippen LogP contribution in [0.5, 0.6) is 0 Å². The first-order valence-electron chi connectivity index (χ1n) is 10.7. The minimum Gasteiger partial charge on any atom is -0.392 e. The molecule has 6 rings (SSSR count). The Hall–Kier alpha value is -3.16. The summed E-state index contributed by atoms with van der Waals surface area (Å²) in [4.78, 5) is 19.6. The molecule has 1 aromatic carbocycles. The standard InChI is InChI=1S/C24H22ClN5O2/c1-13-17(10-28(2)27-13)15-5-3-4-6-16(15)21-23(25)30-8-7-14(9-20(30)26-21)24(32)29-11-18-19(12-29)22(18)31/h3-10,18-19,22,31H,11-12H2,1-2H3/t18-,19+,22?. The van der Waals surface area contributed by atoms with Gasteiger partial charge in [0.1, 0.15) is 16.5 Å². The predicted molar refractivity (Wildman–Crippen MR) is 121 cm³/mol. The molecule has 1 saturated carbocycles. The van der Waals surface area contributed by atoms with E-state index >= 15 is 0 Å². The Balaban J connectivity index is 1.39. The van der Waals surface area contributed by atoms with Crippen LogP contribution in [0.4, 0.5) is 0 Å². The van der Waals surface area contributed by atoms with Gasteiger partial charge in [-0.3, -0.25) is 13.9 Å². The van der Waals surface area contributed by atoms with Crippen molar-refractivity contribution in [3.8, 4) is 22.4 Å². The van der Waals surface area contributed by atoms with Crippen LogP contribution in [0.15, 0.2) is 48.8 Å². The number of hydrogen-bond donors (Lipinski definition) is 1. The minimum atomic E-state index is -0.237. The quantitative estimate of drug-likeness (QED) is 0.522. The Labute approximate surface area is 189 Å². The molecule has 2 fully saturated rings. The molecular formula is C24H22ClN5O2. The van der Waals surface area contributed by atoms with Crippen molar-refractivity contribution in [3.05, 3.63) is 65.2 Å². The van der Waals surface area contributed by atoms with Crippen molar-refractivity contribution in [2.45, 2.75) is 13.0 Å². The third-order valence-corrected chi connectivity index (χ3v) is 7.10. The van der Waals surface area contributed by atoms with Crippen molar-refractivity contribution in [3.63, 3.8) is 0 Å². The van der Waals surface area contributed by atoms with E-state index in [2.05, 4.69) is 5.10 Å². The van der Waals surface area contributed by atoms with Gasteiger partial charge < -0.3 is 10.0 Å². The Morgan fingerprint density at radius 3 is 2.53 bits per heavy atom. The Bertz CT molecular complexity index is 1380. The zero-order valence-corrected chi connectivity index (χ0v) is 18.5. The van der Waals surface area contributed by atoms with Crippen LogP contribution in [-0.2, 0) is 7.05 Å². The predicted octanol–water partition coefficient (Wildman–Crippen LogP) is 3.43. The molecule has 7 nitrogen and oxygen atoms in total. The number of aromatic nitrogens is 4. The second-order valence-corrected chi connectivity index (χ2v) is 9.13. The average Bonchev–Trinajstić information content (AvgIpc) is 3.18. The van der Waals surface area contributed by atoms with Crippen LogP contribution in [0, 0.1) is 18.8 Å². The van der Waals surface area contributed by atoms with E-state index in [0.717, 1.165) is 22.4 Å². The van der Waals surface area contributed by atoms with Crippen molar-refractivity contribution in [1.82, 2.24) is 24.1 Å². The topological polar surface area (TPSA) is 75.7 Å². The number of imidazole rings is 1. The summed E-state index contributed by atoms with van der Waals surface area (Å²) < 4.78 is 3.59. The Morgan fingerprint density at radius 1 is 1.12 bits per heavy atom. The fourth-order valence-electron chi connectivity index (χ4n) is 4.95. The van der Waals surface area contributed by atoms with Gasteiger partial charge in [-0.15, -0.1) is 0 Å². The number of aliphatic hydroxyl groups excluding tert-OH is 1. The number of fused-ring (bicyclic) bond motifs is 2. The van der Waals surface area contributed by atoms with E-state index in [1.807, 2.05) is 49.3 Å². The lowest BCUT2D eigenvalue weighted by Gasteiger charge is -2.18. The molecule has 4 aromatic rings. The van der Waals surface area contributed by atoms with Crippen molar-refractivity contribution in [1.29, 1.82) is 0 Å². The molecule has 1 amide bonds. The minimum absolute atomic E-state index is 0.0287. The lowest BCUT2D eigenvalue weighted by Crippen LogP contribution is -2.32. The first-order chi connectivity index (χ1) is 15.4. The Morgan fingerprint density at radius 2 is 1.84 bits per heavy atom. The maximum absolute atomic E-state index is 13.0. The van der Waals surface area contributed by atoms with E-state index in [4.69, 9.17) is 16.6 Å². The van der Waals surface area contributed by atoms with Gasteiger partial charge in [0.15, 0.2) is 0 Å². The van der Waals surface area contributed by atoms with Crippen LogP contribution >= 0.6 is 11.6 Å². The fourth-order valence-corrected chi connectivity index (χ4v) is 5.24. The molecular weight excluding hydrogens is 426 g/mol. The maximum atomic E-state index is 13.0. The number of piperidine rings is 1. The molecule has 3 atom stereocenters. The first kappa shape index (κ1) is 19.5. The van der Waals surface area contributed by atoms with Gasteiger partial charge in [-0.1, -0.05) is 35.9 Å².